The minimum atomic E-state index is -0.510. The average molecular weight is 821 g/mol. The first-order valence-corrected chi connectivity index (χ1v) is 21.2. The highest BCUT2D eigenvalue weighted by molar-refractivity contribution is 6.08. The Bertz CT molecular complexity index is 4140. The molecule has 3 nitrogen and oxygen atoms in total. The van der Waals surface area contributed by atoms with Crippen molar-refractivity contribution >= 4 is 43.1 Å². The van der Waals surface area contributed by atoms with Crippen LogP contribution in [0, 0.1) is 0 Å². The number of hydrogen-bond acceptors (Lipinski definition) is 3. The molecule has 0 fully saturated rings. The van der Waals surface area contributed by atoms with E-state index in [1.165, 1.54) is 16.2 Å². The van der Waals surface area contributed by atoms with Gasteiger partial charge in [0, 0.05) is 16.7 Å². The molecule has 3 heteroatoms. The van der Waals surface area contributed by atoms with Crippen LogP contribution in [-0.2, 0) is 0 Å². The van der Waals surface area contributed by atoms with Crippen molar-refractivity contribution in [3.8, 4) is 78.7 Å². The number of nitrogens with zero attached hydrogens (tertiary/aromatic N) is 3. The quantitative estimate of drug-likeness (QED) is 0.150. The highest BCUT2D eigenvalue weighted by atomic mass is 15.0. The fourth-order valence-electron chi connectivity index (χ4n) is 8.71. The van der Waals surface area contributed by atoms with Gasteiger partial charge in [0.25, 0.3) is 0 Å². The summed E-state index contributed by atoms with van der Waals surface area (Å²) < 4.78 is 62.3. The normalized spacial score (nSPS) is 13.0. The molecule has 12 aromatic rings. The predicted molar refractivity (Wildman–Crippen MR) is 268 cm³/mol. The lowest BCUT2D eigenvalue weighted by atomic mass is 9.92. The van der Waals surface area contributed by atoms with Gasteiger partial charge in [-0.3, -0.25) is 0 Å². The summed E-state index contributed by atoms with van der Waals surface area (Å²) in [6.45, 7) is 0. The SMILES string of the molecule is [2H]c1c([2H])c([2H])c2c(-c3cc(-c4ccc5cc(-c6ccccc6)ccc5c4)cc(-c4nc(-c5ccccc5)nc(-c5cccc(-c6ccc7c(ccc8ccccc87)c6)c5)n4)c3)c([2H])c([2H])c([2H])c2c1[2H]. The second-order valence-electron chi connectivity index (χ2n) is 15.9. The Morgan fingerprint density at radius 1 is 0.250 bits per heavy atom. The zero-order valence-electron chi connectivity index (χ0n) is 41.3. The molecule has 12 rings (SSSR count). The molecule has 0 bridgehead atoms. The van der Waals surface area contributed by atoms with Gasteiger partial charge in [-0.25, -0.2) is 15.0 Å². The van der Waals surface area contributed by atoms with Crippen LogP contribution < -0.4 is 0 Å². The topological polar surface area (TPSA) is 38.7 Å². The third-order valence-electron chi connectivity index (χ3n) is 11.9. The van der Waals surface area contributed by atoms with Crippen molar-refractivity contribution in [1.29, 1.82) is 0 Å². The predicted octanol–water partition coefficient (Wildman–Crippen LogP) is 16.2. The molecule has 0 amide bonds. The lowest BCUT2D eigenvalue weighted by Gasteiger charge is -2.14. The monoisotopic (exact) mass is 820 g/mol. The largest absolute Gasteiger partial charge is 0.208 e. The summed E-state index contributed by atoms with van der Waals surface area (Å²) in [4.78, 5) is 15.4. The fourth-order valence-corrected chi connectivity index (χ4v) is 8.71. The molecule has 0 aliphatic heterocycles. The van der Waals surface area contributed by atoms with Crippen molar-refractivity contribution in [3.05, 3.63) is 236 Å². The molecule has 0 atom stereocenters. The average Bonchev–Trinajstić information content (AvgIpc) is 3.43. The maximum absolute atomic E-state index is 9.36. The van der Waals surface area contributed by atoms with Gasteiger partial charge in [0.1, 0.15) is 0 Å². The molecule has 298 valence electrons. The van der Waals surface area contributed by atoms with Gasteiger partial charge in [0.2, 0.25) is 0 Å². The Hall–Kier alpha value is -8.53. The summed E-state index contributed by atoms with van der Waals surface area (Å²) in [6, 6.07) is 62.4. The number of fused-ring (bicyclic) bond motifs is 5. The van der Waals surface area contributed by atoms with E-state index in [0.29, 0.717) is 28.6 Å². The molecule has 64 heavy (non-hydrogen) atoms. The number of benzene rings is 11. The Labute approximate surface area is 381 Å². The van der Waals surface area contributed by atoms with Crippen LogP contribution in [0.15, 0.2) is 236 Å². The second kappa shape index (κ2) is 15.7. The van der Waals surface area contributed by atoms with Crippen LogP contribution in [0.3, 0.4) is 0 Å². The molecule has 1 aromatic heterocycles. The molecule has 0 spiro atoms. The van der Waals surface area contributed by atoms with E-state index in [2.05, 4.69) is 109 Å². The van der Waals surface area contributed by atoms with E-state index in [9.17, 15) is 1.37 Å². The van der Waals surface area contributed by atoms with Crippen LogP contribution in [0.4, 0.5) is 0 Å². The van der Waals surface area contributed by atoms with Crippen LogP contribution in [-0.4, -0.2) is 15.0 Å². The molecule has 1 heterocycles. The van der Waals surface area contributed by atoms with Gasteiger partial charge in [-0.05, 0) is 130 Å². The number of rotatable bonds is 7. The van der Waals surface area contributed by atoms with Crippen LogP contribution in [0.25, 0.3) is 122 Å². The van der Waals surface area contributed by atoms with Gasteiger partial charge in [0.15, 0.2) is 17.5 Å². The van der Waals surface area contributed by atoms with Gasteiger partial charge in [0.05, 0.1) is 9.60 Å². The summed E-state index contributed by atoms with van der Waals surface area (Å²) in [5.74, 6) is 1.20. The number of hydrogen-bond donors (Lipinski definition) is 0. The summed E-state index contributed by atoms with van der Waals surface area (Å²) in [5.41, 5.74) is 8.39. The van der Waals surface area contributed by atoms with Crippen molar-refractivity contribution in [2.75, 3.05) is 0 Å². The van der Waals surface area contributed by atoms with Gasteiger partial charge in [-0.1, -0.05) is 194 Å². The minimum absolute atomic E-state index is 0.00273. The number of aromatic nitrogens is 3. The van der Waals surface area contributed by atoms with Crippen LogP contribution in [0.5, 0.6) is 0 Å². The van der Waals surface area contributed by atoms with E-state index in [4.69, 9.17) is 23.2 Å². The second-order valence-corrected chi connectivity index (χ2v) is 15.9. The molecule has 0 saturated carbocycles. The fraction of sp³-hybridized carbons (Fsp3) is 0. The summed E-state index contributed by atoms with van der Waals surface area (Å²) in [6.07, 6.45) is 0. The summed E-state index contributed by atoms with van der Waals surface area (Å²) >= 11 is 0. The Morgan fingerprint density at radius 3 is 1.56 bits per heavy atom. The Balaban J connectivity index is 1.07. The van der Waals surface area contributed by atoms with E-state index < -0.39 is 36.3 Å². The van der Waals surface area contributed by atoms with Crippen LogP contribution in [0.1, 0.15) is 9.60 Å². The maximum atomic E-state index is 9.36. The zero-order valence-corrected chi connectivity index (χ0v) is 34.3. The molecular formula is C61H39N3. The van der Waals surface area contributed by atoms with Crippen LogP contribution >= 0.6 is 0 Å². The third-order valence-corrected chi connectivity index (χ3v) is 11.9. The van der Waals surface area contributed by atoms with Crippen molar-refractivity contribution < 1.29 is 9.60 Å². The molecule has 0 saturated heterocycles. The van der Waals surface area contributed by atoms with E-state index in [-0.39, 0.29) is 22.4 Å². The van der Waals surface area contributed by atoms with Crippen molar-refractivity contribution in [3.63, 3.8) is 0 Å². The van der Waals surface area contributed by atoms with Gasteiger partial charge in [-0.2, -0.15) is 0 Å². The van der Waals surface area contributed by atoms with Gasteiger partial charge in [-0.15, -0.1) is 0 Å². The van der Waals surface area contributed by atoms with Crippen molar-refractivity contribution in [2.24, 2.45) is 0 Å². The molecular weight excluding hydrogens is 775 g/mol. The Morgan fingerprint density at radius 2 is 0.750 bits per heavy atom. The van der Waals surface area contributed by atoms with E-state index in [1.54, 1.807) is 6.07 Å². The van der Waals surface area contributed by atoms with E-state index >= 15 is 0 Å². The van der Waals surface area contributed by atoms with E-state index in [0.717, 1.165) is 60.7 Å². The molecule has 0 aliphatic rings. The molecule has 0 N–H and O–H groups in total. The summed E-state index contributed by atoms with van der Waals surface area (Å²) in [7, 11) is 0. The molecule has 0 aliphatic carbocycles. The molecule has 0 radical (unpaired) electrons. The van der Waals surface area contributed by atoms with Crippen molar-refractivity contribution in [2.45, 2.75) is 0 Å². The minimum Gasteiger partial charge on any atom is -0.208 e. The third kappa shape index (κ3) is 6.96. The first-order chi connectivity index (χ1) is 34.6. The highest BCUT2D eigenvalue weighted by Crippen LogP contribution is 2.38. The molecule has 0 unspecified atom stereocenters. The van der Waals surface area contributed by atoms with Crippen molar-refractivity contribution in [1.82, 2.24) is 15.0 Å². The van der Waals surface area contributed by atoms with Crippen LogP contribution in [0.2, 0.25) is 0 Å². The van der Waals surface area contributed by atoms with Gasteiger partial charge < -0.3 is 0 Å². The lowest BCUT2D eigenvalue weighted by molar-refractivity contribution is 1.07. The first-order valence-electron chi connectivity index (χ1n) is 24.7. The first kappa shape index (κ1) is 30.5. The lowest BCUT2D eigenvalue weighted by Crippen LogP contribution is -2.01. The maximum Gasteiger partial charge on any atom is 0.164 e. The Kier molecular flexibility index (Phi) is 7.50. The summed E-state index contributed by atoms with van der Waals surface area (Å²) in [5, 5.41) is 6.62. The van der Waals surface area contributed by atoms with Gasteiger partial charge >= 0.3 is 0 Å². The van der Waals surface area contributed by atoms with E-state index in [1.807, 2.05) is 78.9 Å². The zero-order chi connectivity index (χ0) is 48.5. The highest BCUT2D eigenvalue weighted by Gasteiger charge is 2.17. The smallest absolute Gasteiger partial charge is 0.164 e. The molecule has 11 aromatic carbocycles. The standard InChI is InChI=1S/C61H39N3/c1-3-13-40(14-4-1)45-26-27-47-34-49(29-28-46(47)33-45)52-37-53(57-24-12-19-41-15-7-9-22-55(41)57)39-54(38-52)61-63-59(43-17-5-2-6-18-43)62-60(64-61)51-21-11-20-44(36-51)48-31-32-58-50(35-48)30-25-42-16-8-10-23-56(42)58/h1-39H/i7D,9D,12D,15D,19D,22D,24D.